The summed E-state index contributed by atoms with van der Waals surface area (Å²) in [6.45, 7) is 0.387. The molecule has 1 aromatic heterocycles. The maximum absolute atomic E-state index is 12.7. The number of carbonyl (C=O) groups is 2. The first-order valence-corrected chi connectivity index (χ1v) is 9.44. The minimum absolute atomic E-state index is 0.101. The molecule has 126 valence electrons. The van der Waals surface area contributed by atoms with Crippen LogP contribution in [0.2, 0.25) is 5.02 Å². The van der Waals surface area contributed by atoms with Crippen molar-refractivity contribution < 1.29 is 14.3 Å². The lowest BCUT2D eigenvalue weighted by Crippen LogP contribution is -2.42. The van der Waals surface area contributed by atoms with Crippen LogP contribution in [0.4, 0.5) is 0 Å². The molecule has 6 heteroatoms. The van der Waals surface area contributed by atoms with Crippen molar-refractivity contribution in [1.82, 2.24) is 5.32 Å². The summed E-state index contributed by atoms with van der Waals surface area (Å²) in [7, 11) is 0. The van der Waals surface area contributed by atoms with Gasteiger partial charge in [0.1, 0.15) is 5.60 Å². The normalized spacial score (nSPS) is 22.2. The Bertz CT molecular complexity index is 810. The predicted molar refractivity (Wildman–Crippen MR) is 94.1 cm³/mol. The quantitative estimate of drug-likeness (QED) is 0.837. The minimum Gasteiger partial charge on any atom is -0.458 e. The monoisotopic (exact) mass is 363 g/mol. The summed E-state index contributed by atoms with van der Waals surface area (Å²) in [4.78, 5) is 25.4. The Morgan fingerprint density at radius 3 is 2.83 bits per heavy atom. The van der Waals surface area contributed by atoms with Crippen LogP contribution in [0.1, 0.15) is 37.0 Å². The van der Waals surface area contributed by atoms with Crippen LogP contribution in [-0.2, 0) is 20.9 Å². The van der Waals surface area contributed by atoms with Crippen molar-refractivity contribution in [2.45, 2.75) is 44.2 Å². The van der Waals surface area contributed by atoms with E-state index in [2.05, 4.69) is 5.32 Å². The second-order valence-corrected chi connectivity index (χ2v) is 8.07. The Kier molecular flexibility index (Phi) is 4.01. The molecule has 1 aliphatic heterocycles. The van der Waals surface area contributed by atoms with Crippen LogP contribution in [0.5, 0.6) is 0 Å². The Hall–Kier alpha value is -1.59. The number of hydrogen-bond acceptors (Lipinski definition) is 4. The summed E-state index contributed by atoms with van der Waals surface area (Å²) in [6, 6.07) is 7.93. The molecule has 1 unspecified atom stereocenters. The van der Waals surface area contributed by atoms with E-state index in [0.717, 1.165) is 40.6 Å². The highest BCUT2D eigenvalue weighted by Gasteiger charge is 2.53. The Morgan fingerprint density at radius 2 is 2.08 bits per heavy atom. The minimum atomic E-state index is -0.564. The molecule has 4 nitrogen and oxygen atoms in total. The largest absolute Gasteiger partial charge is 0.458 e. The van der Waals surface area contributed by atoms with E-state index in [1.807, 2.05) is 24.3 Å². The van der Waals surface area contributed by atoms with Crippen molar-refractivity contribution in [2.75, 3.05) is 0 Å². The number of ether oxygens (including phenoxy) is 1. The lowest BCUT2D eigenvalue weighted by Gasteiger charge is -2.27. The molecule has 1 saturated heterocycles. The van der Waals surface area contributed by atoms with E-state index >= 15 is 0 Å². The molecule has 24 heavy (non-hydrogen) atoms. The van der Waals surface area contributed by atoms with Gasteiger partial charge >= 0.3 is 5.97 Å². The van der Waals surface area contributed by atoms with Gasteiger partial charge in [-0.15, -0.1) is 11.3 Å². The van der Waals surface area contributed by atoms with Crippen LogP contribution in [0, 0.1) is 5.92 Å². The summed E-state index contributed by atoms with van der Waals surface area (Å²) >= 11 is 8.01. The van der Waals surface area contributed by atoms with Gasteiger partial charge in [0.25, 0.3) is 0 Å². The molecule has 1 amide bonds. The zero-order valence-electron chi connectivity index (χ0n) is 13.1. The van der Waals surface area contributed by atoms with Gasteiger partial charge in [0, 0.05) is 15.0 Å². The fourth-order valence-electron chi connectivity index (χ4n) is 3.92. The number of esters is 1. The third kappa shape index (κ3) is 2.60. The van der Waals surface area contributed by atoms with Crippen LogP contribution >= 0.6 is 22.9 Å². The smallest absolute Gasteiger partial charge is 0.307 e. The molecular weight excluding hydrogens is 346 g/mol. The highest BCUT2D eigenvalue weighted by molar-refractivity contribution is 7.19. The molecule has 0 bridgehead atoms. The topological polar surface area (TPSA) is 55.4 Å². The number of carbonyl (C=O) groups excluding carboxylic acids is 2. The molecule has 2 aromatic rings. The molecule has 2 fully saturated rings. The van der Waals surface area contributed by atoms with Gasteiger partial charge in [-0.2, -0.15) is 0 Å². The SMILES string of the molecule is O=C1CC(C(=O)NCc2sc3ccccc3c2Cl)C2(CCCC2)O1. The van der Waals surface area contributed by atoms with Crippen molar-refractivity contribution in [2.24, 2.45) is 5.92 Å². The van der Waals surface area contributed by atoms with Crippen molar-refractivity contribution in [1.29, 1.82) is 0 Å². The van der Waals surface area contributed by atoms with Gasteiger partial charge in [-0.3, -0.25) is 9.59 Å². The standard InChI is InChI=1S/C18H18ClNO3S/c19-16-11-5-1-2-6-13(11)24-14(16)10-20-17(22)12-9-15(21)23-18(12)7-3-4-8-18/h1-2,5-6,12H,3-4,7-10H2,(H,20,22). The van der Waals surface area contributed by atoms with Crippen LogP contribution < -0.4 is 5.32 Å². The Morgan fingerprint density at radius 1 is 1.33 bits per heavy atom. The maximum Gasteiger partial charge on any atom is 0.307 e. The Labute approximate surface area is 149 Å². The number of fused-ring (bicyclic) bond motifs is 1. The van der Waals surface area contributed by atoms with E-state index in [0.29, 0.717) is 11.6 Å². The van der Waals surface area contributed by atoms with Crippen molar-refractivity contribution in [3.63, 3.8) is 0 Å². The summed E-state index contributed by atoms with van der Waals surface area (Å²) in [5, 5.41) is 4.68. The third-order valence-corrected chi connectivity index (χ3v) is 6.83. The number of benzene rings is 1. The van der Waals surface area contributed by atoms with Crippen molar-refractivity contribution >= 4 is 44.9 Å². The molecule has 1 atom stereocenters. The highest BCUT2D eigenvalue weighted by atomic mass is 35.5. The average molecular weight is 364 g/mol. The first kappa shape index (κ1) is 15.9. The first-order chi connectivity index (χ1) is 11.6. The molecule has 0 radical (unpaired) electrons. The summed E-state index contributed by atoms with van der Waals surface area (Å²) < 4.78 is 6.65. The van der Waals surface area contributed by atoms with E-state index in [1.165, 1.54) is 0 Å². The fourth-order valence-corrected chi connectivity index (χ4v) is 5.36. The second-order valence-electron chi connectivity index (χ2n) is 6.56. The number of amides is 1. The molecule has 1 spiro atoms. The number of rotatable bonds is 3. The van der Waals surface area contributed by atoms with E-state index in [1.54, 1.807) is 11.3 Å². The lowest BCUT2D eigenvalue weighted by molar-refractivity contribution is -0.149. The van der Waals surface area contributed by atoms with Gasteiger partial charge in [-0.25, -0.2) is 0 Å². The molecular formula is C18H18ClNO3S. The highest BCUT2D eigenvalue weighted by Crippen LogP contribution is 2.45. The molecule has 1 aliphatic carbocycles. The zero-order chi connectivity index (χ0) is 16.7. The van der Waals surface area contributed by atoms with Gasteiger partial charge in [0.2, 0.25) is 5.91 Å². The average Bonchev–Trinajstić information content (AvgIpc) is 3.25. The van der Waals surface area contributed by atoms with Crippen molar-refractivity contribution in [3.05, 3.63) is 34.2 Å². The number of halogens is 1. The van der Waals surface area contributed by atoms with E-state index in [9.17, 15) is 9.59 Å². The number of nitrogens with one attached hydrogen (secondary N) is 1. The van der Waals surface area contributed by atoms with Gasteiger partial charge in [-0.1, -0.05) is 29.8 Å². The van der Waals surface area contributed by atoms with E-state index in [4.69, 9.17) is 16.3 Å². The van der Waals surface area contributed by atoms with Crippen LogP contribution in [0.25, 0.3) is 10.1 Å². The first-order valence-electron chi connectivity index (χ1n) is 8.24. The summed E-state index contributed by atoms with van der Waals surface area (Å²) in [6.07, 6.45) is 3.80. The van der Waals surface area contributed by atoms with E-state index in [-0.39, 0.29) is 24.2 Å². The van der Waals surface area contributed by atoms with Gasteiger partial charge in [-0.05, 0) is 31.7 Å². The third-order valence-electron chi connectivity index (χ3n) is 5.11. The van der Waals surface area contributed by atoms with Gasteiger partial charge in [0.15, 0.2) is 0 Å². The fraction of sp³-hybridized carbons (Fsp3) is 0.444. The van der Waals surface area contributed by atoms with Crippen LogP contribution in [0.3, 0.4) is 0 Å². The number of hydrogen-bond donors (Lipinski definition) is 1. The lowest BCUT2D eigenvalue weighted by atomic mass is 9.85. The molecule has 2 heterocycles. The second kappa shape index (κ2) is 6.05. The van der Waals surface area contributed by atoms with Crippen molar-refractivity contribution in [3.8, 4) is 0 Å². The summed E-state index contributed by atoms with van der Waals surface area (Å²) in [5.74, 6) is -0.728. The van der Waals surface area contributed by atoms with Crippen LogP contribution in [0.15, 0.2) is 24.3 Å². The molecule has 2 aliphatic rings. The predicted octanol–water partition coefficient (Wildman–Crippen LogP) is 4.05. The Balaban J connectivity index is 1.49. The van der Waals surface area contributed by atoms with E-state index < -0.39 is 5.60 Å². The molecule has 1 aromatic carbocycles. The summed E-state index contributed by atoms with van der Waals surface area (Å²) in [5.41, 5.74) is -0.564. The van der Waals surface area contributed by atoms with Gasteiger partial charge < -0.3 is 10.1 Å². The molecule has 1 N–H and O–H groups in total. The molecule has 4 rings (SSSR count). The molecule has 1 saturated carbocycles. The zero-order valence-corrected chi connectivity index (χ0v) is 14.7. The van der Waals surface area contributed by atoms with Gasteiger partial charge in [0.05, 0.1) is 23.9 Å². The maximum atomic E-state index is 12.7. The van der Waals surface area contributed by atoms with Crippen LogP contribution in [-0.4, -0.2) is 17.5 Å². The number of thiophene rings is 1.